The van der Waals surface area contributed by atoms with Gasteiger partial charge in [-0.3, -0.25) is 0 Å². The Morgan fingerprint density at radius 1 is 1.09 bits per heavy atom. The standard InChI is InChI=1S/C18H21BrFNO/c1-18(2,3)21-11-14-10-15(19)6-9-17(14)22-12-13-4-7-16(20)8-5-13/h4-10,21H,11-12H2,1-3H3. The monoisotopic (exact) mass is 365 g/mol. The van der Waals surface area contributed by atoms with E-state index in [1.54, 1.807) is 12.1 Å². The van der Waals surface area contributed by atoms with Crippen molar-refractivity contribution in [2.45, 2.75) is 39.5 Å². The van der Waals surface area contributed by atoms with Gasteiger partial charge in [-0.1, -0.05) is 28.1 Å². The highest BCUT2D eigenvalue weighted by Gasteiger charge is 2.11. The molecule has 0 aliphatic heterocycles. The molecule has 2 rings (SSSR count). The summed E-state index contributed by atoms with van der Waals surface area (Å²) in [5.74, 6) is 0.603. The number of benzene rings is 2. The Kier molecular flexibility index (Phi) is 5.59. The van der Waals surface area contributed by atoms with E-state index in [1.165, 1.54) is 12.1 Å². The molecule has 0 spiro atoms. The molecule has 1 N–H and O–H groups in total. The van der Waals surface area contributed by atoms with Crippen molar-refractivity contribution in [2.75, 3.05) is 0 Å². The lowest BCUT2D eigenvalue weighted by atomic mass is 10.1. The van der Waals surface area contributed by atoms with Gasteiger partial charge in [-0.25, -0.2) is 4.39 Å². The molecule has 2 aromatic carbocycles. The summed E-state index contributed by atoms with van der Waals surface area (Å²) in [6.45, 7) is 7.53. The molecule has 2 aromatic rings. The first-order valence-corrected chi connectivity index (χ1v) is 8.03. The Morgan fingerprint density at radius 3 is 2.41 bits per heavy atom. The Labute approximate surface area is 139 Å². The second kappa shape index (κ2) is 7.25. The van der Waals surface area contributed by atoms with Crippen LogP contribution in [0.5, 0.6) is 5.75 Å². The van der Waals surface area contributed by atoms with Crippen LogP contribution in [-0.4, -0.2) is 5.54 Å². The third-order valence-electron chi connectivity index (χ3n) is 3.14. The highest BCUT2D eigenvalue weighted by atomic mass is 79.9. The maximum atomic E-state index is 12.9. The van der Waals surface area contributed by atoms with E-state index in [4.69, 9.17) is 4.74 Å². The van der Waals surface area contributed by atoms with Crippen molar-refractivity contribution >= 4 is 15.9 Å². The first kappa shape index (κ1) is 17.0. The number of hydrogen-bond acceptors (Lipinski definition) is 2. The SMILES string of the molecule is CC(C)(C)NCc1cc(Br)ccc1OCc1ccc(F)cc1. The quantitative estimate of drug-likeness (QED) is 0.799. The molecular weight excluding hydrogens is 345 g/mol. The largest absolute Gasteiger partial charge is 0.489 e. The van der Waals surface area contributed by atoms with Crippen LogP contribution in [0.2, 0.25) is 0 Å². The maximum Gasteiger partial charge on any atom is 0.124 e. The summed E-state index contributed by atoms with van der Waals surface area (Å²) in [5.41, 5.74) is 2.07. The molecule has 0 radical (unpaired) electrons. The lowest BCUT2D eigenvalue weighted by Crippen LogP contribution is -2.35. The number of nitrogens with one attached hydrogen (secondary N) is 1. The van der Waals surface area contributed by atoms with Gasteiger partial charge in [0.1, 0.15) is 18.2 Å². The third-order valence-corrected chi connectivity index (χ3v) is 3.63. The minimum Gasteiger partial charge on any atom is -0.489 e. The van der Waals surface area contributed by atoms with Crippen molar-refractivity contribution in [1.82, 2.24) is 5.32 Å². The van der Waals surface area contributed by atoms with E-state index in [9.17, 15) is 4.39 Å². The van der Waals surface area contributed by atoms with Crippen molar-refractivity contribution in [3.8, 4) is 5.75 Å². The molecule has 0 atom stereocenters. The second-order valence-corrected chi connectivity index (χ2v) is 7.19. The zero-order chi connectivity index (χ0) is 16.2. The van der Waals surface area contributed by atoms with Gasteiger partial charge in [-0.2, -0.15) is 0 Å². The van der Waals surface area contributed by atoms with Crippen LogP contribution in [0.15, 0.2) is 46.9 Å². The van der Waals surface area contributed by atoms with Crippen molar-refractivity contribution in [1.29, 1.82) is 0 Å². The van der Waals surface area contributed by atoms with Crippen LogP contribution in [-0.2, 0) is 13.2 Å². The van der Waals surface area contributed by atoms with Gasteiger partial charge in [-0.05, 0) is 56.7 Å². The Bertz CT molecular complexity index is 620. The molecule has 0 saturated heterocycles. The molecule has 0 amide bonds. The van der Waals surface area contributed by atoms with Crippen LogP contribution in [0, 0.1) is 5.82 Å². The maximum absolute atomic E-state index is 12.9. The summed E-state index contributed by atoms with van der Waals surface area (Å²) in [5, 5.41) is 3.46. The van der Waals surface area contributed by atoms with E-state index >= 15 is 0 Å². The minimum atomic E-state index is -0.234. The molecule has 0 heterocycles. The van der Waals surface area contributed by atoms with Gasteiger partial charge in [-0.15, -0.1) is 0 Å². The zero-order valence-corrected chi connectivity index (χ0v) is 14.7. The van der Waals surface area contributed by atoms with Crippen LogP contribution in [0.3, 0.4) is 0 Å². The highest BCUT2D eigenvalue weighted by molar-refractivity contribution is 9.10. The van der Waals surface area contributed by atoms with E-state index in [1.807, 2.05) is 12.1 Å². The van der Waals surface area contributed by atoms with Gasteiger partial charge < -0.3 is 10.1 Å². The molecule has 0 bridgehead atoms. The summed E-state index contributed by atoms with van der Waals surface area (Å²) >= 11 is 3.50. The highest BCUT2D eigenvalue weighted by Crippen LogP contribution is 2.24. The van der Waals surface area contributed by atoms with Crippen molar-refractivity contribution in [3.63, 3.8) is 0 Å². The first-order valence-electron chi connectivity index (χ1n) is 7.24. The smallest absolute Gasteiger partial charge is 0.124 e. The summed E-state index contributed by atoms with van der Waals surface area (Å²) < 4.78 is 19.8. The number of rotatable bonds is 5. The van der Waals surface area contributed by atoms with Gasteiger partial charge >= 0.3 is 0 Å². The fourth-order valence-electron chi connectivity index (χ4n) is 1.93. The summed E-state index contributed by atoms with van der Waals surface area (Å²) in [7, 11) is 0. The predicted octanol–water partition coefficient (Wildman–Crippen LogP) is 5.06. The van der Waals surface area contributed by atoms with Crippen molar-refractivity contribution in [3.05, 3.63) is 63.9 Å². The van der Waals surface area contributed by atoms with Crippen LogP contribution in [0.1, 0.15) is 31.9 Å². The first-order chi connectivity index (χ1) is 10.3. The fraction of sp³-hybridized carbons (Fsp3) is 0.333. The van der Waals surface area contributed by atoms with E-state index in [0.29, 0.717) is 6.61 Å². The van der Waals surface area contributed by atoms with Gasteiger partial charge in [0, 0.05) is 22.1 Å². The van der Waals surface area contributed by atoms with E-state index in [0.717, 1.165) is 27.9 Å². The molecule has 0 saturated carbocycles. The second-order valence-electron chi connectivity index (χ2n) is 6.27. The van der Waals surface area contributed by atoms with Gasteiger partial charge in [0.05, 0.1) is 0 Å². The van der Waals surface area contributed by atoms with Gasteiger partial charge in [0.25, 0.3) is 0 Å². The van der Waals surface area contributed by atoms with Crippen LogP contribution < -0.4 is 10.1 Å². The molecule has 0 aliphatic carbocycles. The third kappa shape index (κ3) is 5.43. The van der Waals surface area contributed by atoms with E-state index in [-0.39, 0.29) is 11.4 Å². The van der Waals surface area contributed by atoms with Gasteiger partial charge in [0.2, 0.25) is 0 Å². The minimum absolute atomic E-state index is 0.0382. The molecule has 22 heavy (non-hydrogen) atoms. The van der Waals surface area contributed by atoms with Crippen LogP contribution in [0.25, 0.3) is 0 Å². The van der Waals surface area contributed by atoms with E-state index < -0.39 is 0 Å². The summed E-state index contributed by atoms with van der Waals surface area (Å²) in [6.07, 6.45) is 0. The predicted molar refractivity (Wildman–Crippen MR) is 91.5 cm³/mol. The molecule has 0 aliphatic rings. The average molecular weight is 366 g/mol. The number of ether oxygens (including phenoxy) is 1. The Morgan fingerprint density at radius 2 is 1.77 bits per heavy atom. The summed E-state index contributed by atoms with van der Waals surface area (Å²) in [6, 6.07) is 12.3. The fourth-order valence-corrected chi connectivity index (χ4v) is 2.34. The molecule has 0 unspecified atom stereocenters. The molecule has 2 nitrogen and oxygen atoms in total. The number of hydrogen-bond donors (Lipinski definition) is 1. The van der Waals surface area contributed by atoms with E-state index in [2.05, 4.69) is 48.1 Å². The van der Waals surface area contributed by atoms with Crippen molar-refractivity contribution < 1.29 is 9.13 Å². The Hall–Kier alpha value is -1.39. The van der Waals surface area contributed by atoms with Crippen molar-refractivity contribution in [2.24, 2.45) is 0 Å². The topological polar surface area (TPSA) is 21.3 Å². The molecule has 4 heteroatoms. The Balaban J connectivity index is 2.07. The molecular formula is C18H21BrFNO. The molecule has 0 aromatic heterocycles. The normalized spacial score (nSPS) is 11.5. The lowest BCUT2D eigenvalue weighted by Gasteiger charge is -2.22. The zero-order valence-electron chi connectivity index (χ0n) is 13.1. The molecule has 118 valence electrons. The summed E-state index contributed by atoms with van der Waals surface area (Å²) in [4.78, 5) is 0. The van der Waals surface area contributed by atoms with Crippen LogP contribution in [0.4, 0.5) is 4.39 Å². The van der Waals surface area contributed by atoms with Gasteiger partial charge in [0.15, 0.2) is 0 Å². The molecule has 0 fully saturated rings. The average Bonchev–Trinajstić information content (AvgIpc) is 2.45. The number of halogens is 2. The lowest BCUT2D eigenvalue weighted by molar-refractivity contribution is 0.300. The van der Waals surface area contributed by atoms with Crippen LogP contribution >= 0.6 is 15.9 Å².